The SMILES string of the molecule is CS(=O)(=O)C=CCNC(=O)c1ccc2c(-c3ccc(C(F)(F)F)cc3)cccc2c1. The maximum absolute atomic E-state index is 12.8. The lowest BCUT2D eigenvalue weighted by Gasteiger charge is -2.11. The second-order valence-corrected chi connectivity index (χ2v) is 8.66. The minimum Gasteiger partial charge on any atom is -0.349 e. The Bertz CT molecular complexity index is 1210. The van der Waals surface area contributed by atoms with Crippen molar-refractivity contribution in [3.05, 3.63) is 83.3 Å². The Morgan fingerprint density at radius 3 is 2.37 bits per heavy atom. The van der Waals surface area contributed by atoms with Crippen molar-refractivity contribution in [3.63, 3.8) is 0 Å². The monoisotopic (exact) mass is 433 g/mol. The van der Waals surface area contributed by atoms with Crippen LogP contribution in [0.25, 0.3) is 21.9 Å². The van der Waals surface area contributed by atoms with E-state index in [1.54, 1.807) is 30.3 Å². The lowest BCUT2D eigenvalue weighted by molar-refractivity contribution is -0.137. The first-order valence-corrected chi connectivity index (χ1v) is 10.9. The summed E-state index contributed by atoms with van der Waals surface area (Å²) in [7, 11) is -3.25. The van der Waals surface area contributed by atoms with Crippen LogP contribution in [0.3, 0.4) is 0 Å². The minimum atomic E-state index is -4.39. The molecule has 8 heteroatoms. The van der Waals surface area contributed by atoms with Gasteiger partial charge in [0.25, 0.3) is 5.91 Å². The second kappa shape index (κ2) is 8.31. The quantitative estimate of drug-likeness (QED) is 0.628. The van der Waals surface area contributed by atoms with Gasteiger partial charge < -0.3 is 5.32 Å². The van der Waals surface area contributed by atoms with Gasteiger partial charge in [-0.1, -0.05) is 42.5 Å². The fourth-order valence-electron chi connectivity index (χ4n) is 2.99. The van der Waals surface area contributed by atoms with Crippen LogP contribution in [0.5, 0.6) is 0 Å². The van der Waals surface area contributed by atoms with Crippen LogP contribution in [0.15, 0.2) is 72.1 Å². The van der Waals surface area contributed by atoms with Crippen LogP contribution in [0.2, 0.25) is 0 Å². The van der Waals surface area contributed by atoms with Gasteiger partial charge in [-0.15, -0.1) is 0 Å². The molecule has 0 radical (unpaired) electrons. The maximum Gasteiger partial charge on any atom is 0.416 e. The highest BCUT2D eigenvalue weighted by Gasteiger charge is 2.30. The van der Waals surface area contributed by atoms with Gasteiger partial charge >= 0.3 is 6.18 Å². The van der Waals surface area contributed by atoms with Crippen LogP contribution in [0.4, 0.5) is 13.2 Å². The van der Waals surface area contributed by atoms with Crippen LogP contribution < -0.4 is 5.32 Å². The molecule has 156 valence electrons. The summed E-state index contributed by atoms with van der Waals surface area (Å²) in [5, 5.41) is 5.18. The number of amides is 1. The number of fused-ring (bicyclic) bond motifs is 1. The highest BCUT2D eigenvalue weighted by molar-refractivity contribution is 7.93. The molecular formula is C22H18F3NO3S. The van der Waals surface area contributed by atoms with Gasteiger partial charge in [-0.25, -0.2) is 8.42 Å². The smallest absolute Gasteiger partial charge is 0.349 e. The van der Waals surface area contributed by atoms with Gasteiger partial charge in [-0.2, -0.15) is 13.2 Å². The van der Waals surface area contributed by atoms with Crippen molar-refractivity contribution in [1.82, 2.24) is 5.32 Å². The molecule has 0 heterocycles. The van der Waals surface area contributed by atoms with Crippen molar-refractivity contribution in [1.29, 1.82) is 0 Å². The molecule has 0 aromatic heterocycles. The molecule has 30 heavy (non-hydrogen) atoms. The zero-order chi connectivity index (χ0) is 21.9. The van der Waals surface area contributed by atoms with E-state index in [-0.39, 0.29) is 12.5 Å². The standard InChI is InChI=1S/C22H18F3NO3S/c1-30(28,29)13-3-12-26-21(27)17-8-11-20-16(14-17)4-2-5-19(20)15-6-9-18(10-7-15)22(23,24)25/h2-11,13-14H,12H2,1H3,(H,26,27). The van der Waals surface area contributed by atoms with Crippen LogP contribution in [-0.2, 0) is 16.0 Å². The molecule has 1 amide bonds. The molecule has 0 bridgehead atoms. The van der Waals surface area contributed by atoms with Crippen molar-refractivity contribution in [2.45, 2.75) is 6.18 Å². The molecule has 0 atom stereocenters. The Balaban J connectivity index is 1.85. The number of nitrogens with one attached hydrogen (secondary N) is 1. The summed E-state index contributed by atoms with van der Waals surface area (Å²) in [6, 6.07) is 15.3. The molecule has 0 spiro atoms. The fraction of sp³-hybridized carbons (Fsp3) is 0.136. The molecule has 0 aliphatic rings. The molecule has 4 nitrogen and oxygen atoms in total. The number of hydrogen-bond acceptors (Lipinski definition) is 3. The topological polar surface area (TPSA) is 63.2 Å². The molecule has 0 aliphatic heterocycles. The van der Waals surface area contributed by atoms with E-state index >= 15 is 0 Å². The Morgan fingerprint density at radius 2 is 1.73 bits per heavy atom. The summed E-state index contributed by atoms with van der Waals surface area (Å²) in [6.45, 7) is 0.0650. The first kappa shape index (κ1) is 21.6. The first-order valence-electron chi connectivity index (χ1n) is 8.90. The normalized spacial score (nSPS) is 12.4. The number of hydrogen-bond donors (Lipinski definition) is 1. The minimum absolute atomic E-state index is 0.0650. The van der Waals surface area contributed by atoms with Gasteiger partial charge in [0.05, 0.1) is 5.56 Å². The lowest BCUT2D eigenvalue weighted by atomic mass is 9.96. The molecule has 0 saturated heterocycles. The number of rotatable bonds is 5. The van der Waals surface area contributed by atoms with E-state index in [0.29, 0.717) is 11.1 Å². The van der Waals surface area contributed by atoms with Crippen molar-refractivity contribution in [2.24, 2.45) is 0 Å². The zero-order valence-corrected chi connectivity index (χ0v) is 16.7. The average molecular weight is 433 g/mol. The molecule has 0 unspecified atom stereocenters. The number of carbonyl (C=O) groups excluding carboxylic acids is 1. The first-order chi connectivity index (χ1) is 14.0. The summed E-state index contributed by atoms with van der Waals surface area (Å²) in [5.41, 5.74) is 1.07. The largest absolute Gasteiger partial charge is 0.416 e. The number of benzene rings is 3. The van der Waals surface area contributed by atoms with Crippen LogP contribution in [0, 0.1) is 0 Å². The average Bonchev–Trinajstić information content (AvgIpc) is 2.69. The molecule has 3 aromatic rings. The van der Waals surface area contributed by atoms with E-state index < -0.39 is 21.6 Å². The summed E-state index contributed by atoms with van der Waals surface area (Å²) >= 11 is 0. The number of carbonyl (C=O) groups is 1. The predicted octanol–water partition coefficient (Wildman–Crippen LogP) is 4.81. The van der Waals surface area contributed by atoms with E-state index in [0.717, 1.165) is 40.1 Å². The second-order valence-electron chi connectivity index (χ2n) is 6.73. The Kier molecular flexibility index (Phi) is 5.98. The van der Waals surface area contributed by atoms with Gasteiger partial charge in [0.15, 0.2) is 9.84 Å². The van der Waals surface area contributed by atoms with E-state index in [2.05, 4.69) is 5.32 Å². The molecule has 3 rings (SSSR count). The highest BCUT2D eigenvalue weighted by Crippen LogP contribution is 2.33. The van der Waals surface area contributed by atoms with Gasteiger partial charge in [-0.3, -0.25) is 4.79 Å². The third kappa shape index (κ3) is 5.27. The molecule has 3 aromatic carbocycles. The van der Waals surface area contributed by atoms with Gasteiger partial charge in [-0.05, 0) is 46.2 Å². The van der Waals surface area contributed by atoms with Crippen molar-refractivity contribution in [3.8, 4) is 11.1 Å². The third-order valence-electron chi connectivity index (χ3n) is 4.39. The van der Waals surface area contributed by atoms with E-state index in [1.165, 1.54) is 18.2 Å². The lowest BCUT2D eigenvalue weighted by Crippen LogP contribution is -2.23. The Morgan fingerprint density at radius 1 is 1.03 bits per heavy atom. The van der Waals surface area contributed by atoms with Crippen LogP contribution in [-0.4, -0.2) is 27.1 Å². The summed E-state index contributed by atoms with van der Waals surface area (Å²) in [6.07, 6.45) is -1.99. The fourth-order valence-corrected chi connectivity index (χ4v) is 3.44. The summed E-state index contributed by atoms with van der Waals surface area (Å²) in [4.78, 5) is 12.3. The number of halogens is 3. The van der Waals surface area contributed by atoms with Crippen molar-refractivity contribution in [2.75, 3.05) is 12.8 Å². The van der Waals surface area contributed by atoms with Crippen LogP contribution >= 0.6 is 0 Å². The zero-order valence-electron chi connectivity index (χ0n) is 15.9. The van der Waals surface area contributed by atoms with Gasteiger partial charge in [0.1, 0.15) is 0 Å². The Hall–Kier alpha value is -3.13. The summed E-state index contributed by atoms with van der Waals surface area (Å²) < 4.78 is 60.5. The van der Waals surface area contributed by atoms with Crippen molar-refractivity contribution < 1.29 is 26.4 Å². The predicted molar refractivity (Wildman–Crippen MR) is 111 cm³/mol. The van der Waals surface area contributed by atoms with E-state index in [1.807, 2.05) is 6.07 Å². The highest BCUT2D eigenvalue weighted by atomic mass is 32.2. The molecule has 0 aliphatic carbocycles. The third-order valence-corrected chi connectivity index (χ3v) is 5.08. The van der Waals surface area contributed by atoms with Gasteiger partial charge in [0.2, 0.25) is 0 Å². The Labute approximate surface area is 172 Å². The van der Waals surface area contributed by atoms with Crippen molar-refractivity contribution >= 4 is 26.5 Å². The molecule has 1 N–H and O–H groups in total. The van der Waals surface area contributed by atoms with Crippen LogP contribution in [0.1, 0.15) is 15.9 Å². The molecule has 0 fully saturated rings. The number of sulfone groups is 1. The van der Waals surface area contributed by atoms with Gasteiger partial charge in [0, 0.05) is 23.8 Å². The van der Waals surface area contributed by atoms with E-state index in [9.17, 15) is 26.4 Å². The number of alkyl halides is 3. The summed E-state index contributed by atoms with van der Waals surface area (Å²) in [5.74, 6) is -0.366. The molecular weight excluding hydrogens is 415 g/mol. The molecule has 0 saturated carbocycles. The van der Waals surface area contributed by atoms with E-state index in [4.69, 9.17) is 0 Å². The maximum atomic E-state index is 12.8.